The molecular weight excluding hydrogens is 703 g/mol. The molecule has 1 aliphatic heterocycles. The third kappa shape index (κ3) is 14.0. The standard InChI is InChI=1S/C51H78N3O3/c1-7-12-13-14-15-16-17-18-19-20-21-22-23-24-25-26-27-30-37-54(38-39-56-6)51(55)45-32-29-28-31-44(45)50-46-35-33-42(52(8-2)9-3)40-48(46)57-49-41-43(34-36-47(49)50)53(10-4)11-5/h28-29,31-36,40-41H,7-27,30,37-39H2,1-6H3/q+1. The monoisotopic (exact) mass is 781 g/mol. The van der Waals surface area contributed by atoms with Crippen molar-refractivity contribution in [1.82, 2.24) is 9.48 Å². The third-order valence-electron chi connectivity index (χ3n) is 12.0. The Hall–Kier alpha value is -3.64. The van der Waals surface area contributed by atoms with Gasteiger partial charge in [0.25, 0.3) is 5.91 Å². The van der Waals surface area contributed by atoms with Crippen molar-refractivity contribution in [3.05, 3.63) is 71.6 Å². The van der Waals surface area contributed by atoms with Crippen molar-refractivity contribution in [1.29, 1.82) is 0 Å². The zero-order valence-electron chi connectivity index (χ0n) is 37.0. The molecule has 0 unspecified atom stereocenters. The van der Waals surface area contributed by atoms with Crippen molar-refractivity contribution in [2.75, 3.05) is 57.9 Å². The van der Waals surface area contributed by atoms with E-state index < -0.39 is 0 Å². The fourth-order valence-electron chi connectivity index (χ4n) is 8.51. The quantitative estimate of drug-likeness (QED) is 0.0313. The molecule has 4 rings (SSSR count). The average Bonchev–Trinajstić information content (AvgIpc) is 3.24. The van der Waals surface area contributed by atoms with Crippen molar-refractivity contribution in [3.8, 4) is 22.5 Å². The number of benzene rings is 3. The SMILES string of the molecule is CCCCCCCCCCCCCCCCCCCCN(CCOC)C(=O)c1ccccc1-c1c2ccc(=[N+](CC)CC)cc-2oc2cc(N(CC)CC)ccc12. The van der Waals surface area contributed by atoms with Gasteiger partial charge in [-0.1, -0.05) is 134 Å². The van der Waals surface area contributed by atoms with E-state index in [9.17, 15) is 4.79 Å². The lowest BCUT2D eigenvalue weighted by molar-refractivity contribution is 0.0692. The molecule has 6 nitrogen and oxygen atoms in total. The maximum Gasteiger partial charge on any atom is 0.254 e. The molecule has 0 fully saturated rings. The van der Waals surface area contributed by atoms with Crippen LogP contribution in [0, 0.1) is 0 Å². The van der Waals surface area contributed by atoms with Gasteiger partial charge in [-0.15, -0.1) is 0 Å². The number of hydrogen-bond donors (Lipinski definition) is 0. The number of methoxy groups -OCH3 is 1. The first-order chi connectivity index (χ1) is 28.0. The number of unbranched alkanes of at least 4 members (excludes halogenated alkanes) is 17. The van der Waals surface area contributed by atoms with Gasteiger partial charge in [-0.05, 0) is 63.9 Å². The molecule has 0 spiro atoms. The Labute approximate surface area is 347 Å². The number of hydrogen-bond acceptors (Lipinski definition) is 4. The van der Waals surface area contributed by atoms with Gasteiger partial charge < -0.3 is 19.0 Å². The summed E-state index contributed by atoms with van der Waals surface area (Å²) in [6.45, 7) is 16.5. The van der Waals surface area contributed by atoms with Gasteiger partial charge in [-0.3, -0.25) is 4.79 Å². The molecule has 0 radical (unpaired) electrons. The van der Waals surface area contributed by atoms with Gasteiger partial charge in [-0.25, -0.2) is 4.58 Å². The van der Waals surface area contributed by atoms with Gasteiger partial charge in [0.2, 0.25) is 5.36 Å². The number of amides is 1. The minimum atomic E-state index is 0.0660. The smallest absolute Gasteiger partial charge is 0.254 e. The highest BCUT2D eigenvalue weighted by Crippen LogP contribution is 2.42. The van der Waals surface area contributed by atoms with Gasteiger partial charge in [-0.2, -0.15) is 0 Å². The van der Waals surface area contributed by atoms with E-state index in [-0.39, 0.29) is 5.91 Å². The maximum absolute atomic E-state index is 14.6. The van der Waals surface area contributed by atoms with E-state index in [0.29, 0.717) is 13.2 Å². The highest BCUT2D eigenvalue weighted by atomic mass is 16.5. The normalized spacial score (nSPS) is 11.5. The average molecular weight is 781 g/mol. The lowest BCUT2D eigenvalue weighted by Gasteiger charge is -2.25. The first-order valence-corrected chi connectivity index (χ1v) is 23.2. The lowest BCUT2D eigenvalue weighted by Crippen LogP contribution is -2.35. The van der Waals surface area contributed by atoms with E-state index in [0.717, 1.165) is 95.6 Å². The van der Waals surface area contributed by atoms with E-state index in [1.165, 1.54) is 103 Å². The summed E-state index contributed by atoms with van der Waals surface area (Å²) < 4.78 is 14.6. The summed E-state index contributed by atoms with van der Waals surface area (Å²) in [6, 6.07) is 21.3. The zero-order valence-corrected chi connectivity index (χ0v) is 37.0. The van der Waals surface area contributed by atoms with E-state index in [2.05, 4.69) is 92.6 Å². The number of fused-ring (bicyclic) bond motifs is 2. The lowest BCUT2D eigenvalue weighted by atomic mass is 9.90. The number of carbonyl (C=O) groups excluding carboxylic acids is 1. The fourth-order valence-corrected chi connectivity index (χ4v) is 8.51. The summed E-state index contributed by atoms with van der Waals surface area (Å²) in [5.41, 5.74) is 5.70. The zero-order chi connectivity index (χ0) is 40.7. The number of anilines is 1. The topological polar surface area (TPSA) is 48.9 Å². The third-order valence-corrected chi connectivity index (χ3v) is 12.0. The Bertz CT molecular complexity index is 1770. The number of rotatable bonds is 29. The Morgan fingerprint density at radius 2 is 1.21 bits per heavy atom. The summed E-state index contributed by atoms with van der Waals surface area (Å²) in [5.74, 6) is 0.895. The Balaban J connectivity index is 1.41. The predicted molar refractivity (Wildman–Crippen MR) is 245 cm³/mol. The first kappa shape index (κ1) is 46.1. The van der Waals surface area contributed by atoms with E-state index >= 15 is 0 Å². The molecule has 1 aliphatic carbocycles. The van der Waals surface area contributed by atoms with E-state index in [1.807, 2.05) is 17.0 Å². The van der Waals surface area contributed by atoms with Crippen LogP contribution in [0.15, 0.2) is 65.1 Å². The van der Waals surface area contributed by atoms with Crippen molar-refractivity contribution in [3.63, 3.8) is 0 Å². The molecule has 2 aliphatic rings. The number of nitrogens with zero attached hydrogens (tertiary/aromatic N) is 3. The Morgan fingerprint density at radius 3 is 1.77 bits per heavy atom. The maximum atomic E-state index is 14.6. The largest absolute Gasteiger partial charge is 0.456 e. The minimum absolute atomic E-state index is 0.0660. The number of ether oxygens (including phenoxy) is 1. The van der Waals surface area contributed by atoms with Gasteiger partial charge in [0.1, 0.15) is 24.4 Å². The van der Waals surface area contributed by atoms with E-state index in [1.54, 1.807) is 7.11 Å². The molecule has 57 heavy (non-hydrogen) atoms. The molecule has 0 bridgehead atoms. The van der Waals surface area contributed by atoms with Crippen LogP contribution in [-0.4, -0.2) is 63.8 Å². The molecule has 2 aromatic rings. The second-order valence-corrected chi connectivity index (χ2v) is 16.0. The summed E-state index contributed by atoms with van der Waals surface area (Å²) in [7, 11) is 1.72. The van der Waals surface area contributed by atoms with Gasteiger partial charge in [0.05, 0.1) is 12.7 Å². The first-order valence-electron chi connectivity index (χ1n) is 23.2. The molecule has 314 valence electrons. The van der Waals surface area contributed by atoms with Crippen molar-refractivity contribution >= 4 is 22.6 Å². The summed E-state index contributed by atoms with van der Waals surface area (Å²) in [5, 5.41) is 2.15. The molecule has 1 heterocycles. The number of carbonyl (C=O) groups is 1. The van der Waals surface area contributed by atoms with Crippen LogP contribution in [-0.2, 0) is 4.74 Å². The molecular formula is C51H78N3O3+. The van der Waals surface area contributed by atoms with Crippen LogP contribution in [0.5, 0.6) is 0 Å². The fraction of sp³-hybridized carbons (Fsp3) is 0.608. The molecule has 2 aromatic carbocycles. The van der Waals surface area contributed by atoms with Gasteiger partial charge in [0, 0.05) is 73.2 Å². The molecule has 1 amide bonds. The molecule has 0 N–H and O–H groups in total. The van der Waals surface area contributed by atoms with Crippen LogP contribution in [0.4, 0.5) is 5.69 Å². The van der Waals surface area contributed by atoms with Crippen molar-refractivity contribution in [2.24, 2.45) is 0 Å². The van der Waals surface area contributed by atoms with Crippen LogP contribution < -0.4 is 14.8 Å². The second kappa shape index (κ2) is 26.4. The van der Waals surface area contributed by atoms with Crippen LogP contribution in [0.1, 0.15) is 161 Å². The predicted octanol–water partition coefficient (Wildman–Crippen LogP) is 13.0. The molecule has 0 saturated carbocycles. The Kier molecular flexibility index (Phi) is 21.3. The van der Waals surface area contributed by atoms with Crippen LogP contribution >= 0.6 is 0 Å². The molecule has 0 atom stereocenters. The van der Waals surface area contributed by atoms with Gasteiger partial charge in [0.15, 0.2) is 0 Å². The van der Waals surface area contributed by atoms with E-state index in [4.69, 9.17) is 9.15 Å². The van der Waals surface area contributed by atoms with Gasteiger partial charge >= 0.3 is 0 Å². The second-order valence-electron chi connectivity index (χ2n) is 16.0. The molecule has 0 aromatic heterocycles. The molecule has 0 saturated heterocycles. The minimum Gasteiger partial charge on any atom is -0.456 e. The van der Waals surface area contributed by atoms with Crippen LogP contribution in [0.2, 0.25) is 0 Å². The van der Waals surface area contributed by atoms with Crippen molar-refractivity contribution in [2.45, 2.75) is 150 Å². The summed E-state index contributed by atoms with van der Waals surface area (Å²) >= 11 is 0. The van der Waals surface area contributed by atoms with Crippen LogP contribution in [0.25, 0.3) is 33.4 Å². The highest BCUT2D eigenvalue weighted by Gasteiger charge is 2.25. The summed E-state index contributed by atoms with van der Waals surface area (Å²) in [4.78, 5) is 19.0. The Morgan fingerprint density at radius 1 is 0.632 bits per heavy atom. The highest BCUT2D eigenvalue weighted by molar-refractivity contribution is 6.09. The summed E-state index contributed by atoms with van der Waals surface area (Å²) in [6.07, 6.45) is 24.3. The van der Waals surface area contributed by atoms with Crippen LogP contribution in [0.3, 0.4) is 0 Å². The molecule has 6 heteroatoms. The van der Waals surface area contributed by atoms with Crippen molar-refractivity contribution < 1.29 is 13.9 Å².